The highest BCUT2D eigenvalue weighted by Gasteiger charge is 2.28. The summed E-state index contributed by atoms with van der Waals surface area (Å²) in [6.07, 6.45) is 2.60. The second-order valence-corrected chi connectivity index (χ2v) is 6.77. The first-order valence-electron chi connectivity index (χ1n) is 9.14. The average molecular weight is 373 g/mol. The number of anilines is 1. The standard InChI is InChI=1S/C19H23N3O5/c1-12(18(25)21-15-8-7-13-4-2-5-14(13)10-15)27-17(24)6-3-9-22-16(23)11-20-19(22)26/h7-8,10,12H,2-6,9,11H2,1H3,(H,20,26)(H,21,25)/t12-/m0/s1. The molecule has 144 valence electrons. The van der Waals surface area contributed by atoms with E-state index < -0.39 is 24.0 Å². The van der Waals surface area contributed by atoms with Crippen molar-refractivity contribution in [3.05, 3.63) is 29.3 Å². The van der Waals surface area contributed by atoms with Crippen LogP contribution in [0.4, 0.5) is 10.5 Å². The second-order valence-electron chi connectivity index (χ2n) is 6.77. The molecular weight excluding hydrogens is 350 g/mol. The summed E-state index contributed by atoms with van der Waals surface area (Å²) in [5.74, 6) is -1.25. The number of nitrogens with zero attached hydrogens (tertiary/aromatic N) is 1. The Kier molecular flexibility index (Phi) is 5.73. The fourth-order valence-corrected chi connectivity index (χ4v) is 3.27. The van der Waals surface area contributed by atoms with Gasteiger partial charge in [-0.05, 0) is 55.9 Å². The Morgan fingerprint density at radius 1 is 1.26 bits per heavy atom. The Morgan fingerprint density at radius 3 is 2.78 bits per heavy atom. The highest BCUT2D eigenvalue weighted by atomic mass is 16.5. The van der Waals surface area contributed by atoms with Crippen LogP contribution in [0.2, 0.25) is 0 Å². The number of urea groups is 1. The zero-order chi connectivity index (χ0) is 19.4. The summed E-state index contributed by atoms with van der Waals surface area (Å²) in [7, 11) is 0. The number of nitrogens with one attached hydrogen (secondary N) is 2. The molecule has 27 heavy (non-hydrogen) atoms. The maximum absolute atomic E-state index is 12.2. The molecule has 1 aromatic carbocycles. The molecule has 0 spiro atoms. The van der Waals surface area contributed by atoms with Crippen molar-refractivity contribution >= 4 is 29.5 Å². The predicted molar refractivity (Wildman–Crippen MR) is 97.0 cm³/mol. The third-order valence-corrected chi connectivity index (χ3v) is 4.74. The van der Waals surface area contributed by atoms with Crippen molar-refractivity contribution in [3.8, 4) is 0 Å². The highest BCUT2D eigenvalue weighted by molar-refractivity contribution is 6.02. The van der Waals surface area contributed by atoms with Gasteiger partial charge in [0, 0.05) is 18.7 Å². The predicted octanol–water partition coefficient (Wildman–Crippen LogP) is 1.38. The summed E-state index contributed by atoms with van der Waals surface area (Å²) < 4.78 is 5.14. The lowest BCUT2D eigenvalue weighted by molar-refractivity contribution is -0.153. The maximum Gasteiger partial charge on any atom is 0.324 e. The molecule has 1 heterocycles. The zero-order valence-corrected chi connectivity index (χ0v) is 15.2. The first-order valence-corrected chi connectivity index (χ1v) is 9.14. The van der Waals surface area contributed by atoms with Crippen LogP contribution in [0.5, 0.6) is 0 Å². The molecule has 2 N–H and O–H groups in total. The van der Waals surface area contributed by atoms with Gasteiger partial charge >= 0.3 is 12.0 Å². The molecule has 4 amide bonds. The van der Waals surface area contributed by atoms with Gasteiger partial charge < -0.3 is 15.4 Å². The van der Waals surface area contributed by atoms with Gasteiger partial charge in [0.2, 0.25) is 5.91 Å². The molecule has 0 aromatic heterocycles. The molecule has 1 aliphatic heterocycles. The molecule has 0 unspecified atom stereocenters. The van der Waals surface area contributed by atoms with Gasteiger partial charge in [0.25, 0.3) is 5.91 Å². The minimum absolute atomic E-state index is 0.0107. The van der Waals surface area contributed by atoms with Gasteiger partial charge in [-0.1, -0.05) is 6.07 Å². The summed E-state index contributed by atoms with van der Waals surface area (Å²) in [5.41, 5.74) is 3.26. The number of fused-ring (bicyclic) bond motifs is 1. The lowest BCUT2D eigenvalue weighted by atomic mass is 10.1. The number of carbonyl (C=O) groups excluding carboxylic acids is 4. The lowest BCUT2D eigenvalue weighted by Gasteiger charge is -2.15. The van der Waals surface area contributed by atoms with Crippen molar-refractivity contribution < 1.29 is 23.9 Å². The molecular formula is C19H23N3O5. The number of esters is 1. The fourth-order valence-electron chi connectivity index (χ4n) is 3.27. The van der Waals surface area contributed by atoms with Crippen LogP contribution in [-0.4, -0.2) is 47.9 Å². The number of ether oxygens (including phenoxy) is 1. The molecule has 1 aromatic rings. The van der Waals surface area contributed by atoms with Crippen molar-refractivity contribution in [2.45, 2.75) is 45.1 Å². The van der Waals surface area contributed by atoms with Gasteiger partial charge in [0.05, 0.1) is 6.54 Å². The van der Waals surface area contributed by atoms with Crippen molar-refractivity contribution in [1.82, 2.24) is 10.2 Å². The monoisotopic (exact) mass is 373 g/mol. The van der Waals surface area contributed by atoms with Crippen LogP contribution in [0.1, 0.15) is 37.3 Å². The van der Waals surface area contributed by atoms with E-state index in [0.29, 0.717) is 5.69 Å². The minimum Gasteiger partial charge on any atom is -0.453 e. The number of amides is 4. The molecule has 8 nitrogen and oxygen atoms in total. The Balaban J connectivity index is 1.41. The van der Waals surface area contributed by atoms with E-state index in [-0.39, 0.29) is 31.8 Å². The molecule has 2 aliphatic rings. The van der Waals surface area contributed by atoms with Crippen LogP contribution in [0, 0.1) is 0 Å². The second kappa shape index (κ2) is 8.20. The molecule has 0 radical (unpaired) electrons. The quantitative estimate of drug-likeness (QED) is 0.555. The molecule has 1 atom stereocenters. The molecule has 8 heteroatoms. The first kappa shape index (κ1) is 18.9. The third kappa shape index (κ3) is 4.64. The van der Waals surface area contributed by atoms with E-state index in [1.807, 2.05) is 18.2 Å². The Morgan fingerprint density at radius 2 is 2.04 bits per heavy atom. The first-order chi connectivity index (χ1) is 12.9. The van der Waals surface area contributed by atoms with Crippen LogP contribution < -0.4 is 10.6 Å². The topological polar surface area (TPSA) is 105 Å². The van der Waals surface area contributed by atoms with Crippen LogP contribution in [0.3, 0.4) is 0 Å². The number of rotatable bonds is 7. The largest absolute Gasteiger partial charge is 0.453 e. The fraction of sp³-hybridized carbons (Fsp3) is 0.474. The van der Waals surface area contributed by atoms with E-state index in [1.165, 1.54) is 18.1 Å². The van der Waals surface area contributed by atoms with E-state index in [0.717, 1.165) is 24.2 Å². The van der Waals surface area contributed by atoms with Crippen molar-refractivity contribution in [2.24, 2.45) is 0 Å². The number of hydrogen-bond acceptors (Lipinski definition) is 5. The van der Waals surface area contributed by atoms with Gasteiger partial charge in [-0.25, -0.2) is 4.79 Å². The molecule has 1 saturated heterocycles. The van der Waals surface area contributed by atoms with Gasteiger partial charge in [-0.15, -0.1) is 0 Å². The highest BCUT2D eigenvalue weighted by Crippen LogP contribution is 2.25. The summed E-state index contributed by atoms with van der Waals surface area (Å²) in [6.45, 7) is 1.65. The SMILES string of the molecule is C[C@H](OC(=O)CCCN1C(=O)CNC1=O)C(=O)Nc1ccc2c(c1)CCC2. The summed E-state index contributed by atoms with van der Waals surface area (Å²) in [5, 5.41) is 5.18. The van der Waals surface area contributed by atoms with E-state index in [9.17, 15) is 19.2 Å². The summed E-state index contributed by atoms with van der Waals surface area (Å²) in [6, 6.07) is 5.39. The van der Waals surface area contributed by atoms with Gasteiger partial charge in [0.1, 0.15) is 0 Å². The van der Waals surface area contributed by atoms with Gasteiger partial charge in [-0.3, -0.25) is 19.3 Å². The number of imide groups is 1. The van der Waals surface area contributed by atoms with Gasteiger partial charge in [-0.2, -0.15) is 0 Å². The summed E-state index contributed by atoms with van der Waals surface area (Å²) in [4.78, 5) is 48.0. The van der Waals surface area contributed by atoms with Crippen molar-refractivity contribution in [1.29, 1.82) is 0 Å². The molecule has 0 saturated carbocycles. The third-order valence-electron chi connectivity index (χ3n) is 4.74. The Hall–Kier alpha value is -2.90. The van der Waals surface area contributed by atoms with E-state index in [1.54, 1.807) is 0 Å². The lowest BCUT2D eigenvalue weighted by Crippen LogP contribution is -2.33. The average Bonchev–Trinajstić information content (AvgIpc) is 3.22. The summed E-state index contributed by atoms with van der Waals surface area (Å²) >= 11 is 0. The zero-order valence-electron chi connectivity index (χ0n) is 15.2. The molecule has 0 bridgehead atoms. The van der Waals surface area contributed by atoms with Crippen LogP contribution in [0.15, 0.2) is 18.2 Å². The smallest absolute Gasteiger partial charge is 0.324 e. The molecule has 1 fully saturated rings. The van der Waals surface area contributed by atoms with Crippen LogP contribution in [-0.2, 0) is 32.0 Å². The number of aryl methyl sites for hydroxylation is 2. The van der Waals surface area contributed by atoms with Crippen LogP contribution in [0.25, 0.3) is 0 Å². The normalized spacial score (nSPS) is 16.7. The number of carbonyl (C=O) groups is 4. The number of benzene rings is 1. The van der Waals surface area contributed by atoms with E-state index in [2.05, 4.69) is 10.6 Å². The van der Waals surface area contributed by atoms with E-state index >= 15 is 0 Å². The Labute approximate surface area is 157 Å². The Bertz CT molecular complexity index is 761. The maximum atomic E-state index is 12.2. The minimum atomic E-state index is -0.928. The molecule has 3 rings (SSSR count). The van der Waals surface area contributed by atoms with Gasteiger partial charge in [0.15, 0.2) is 6.10 Å². The van der Waals surface area contributed by atoms with Crippen LogP contribution >= 0.6 is 0 Å². The number of hydrogen-bond donors (Lipinski definition) is 2. The molecule has 1 aliphatic carbocycles. The van der Waals surface area contributed by atoms with Crippen molar-refractivity contribution in [2.75, 3.05) is 18.4 Å². The van der Waals surface area contributed by atoms with Crippen molar-refractivity contribution in [3.63, 3.8) is 0 Å². The van der Waals surface area contributed by atoms with E-state index in [4.69, 9.17) is 4.74 Å².